The number of carbonyl (C=O) groups excluding carboxylic acids is 1. The van der Waals surface area contributed by atoms with E-state index in [2.05, 4.69) is 15.2 Å². The summed E-state index contributed by atoms with van der Waals surface area (Å²) in [6.07, 6.45) is 4.25. The van der Waals surface area contributed by atoms with E-state index in [9.17, 15) is 9.90 Å². The Bertz CT molecular complexity index is 836. The molecule has 23 heavy (non-hydrogen) atoms. The molecule has 0 fully saturated rings. The highest BCUT2D eigenvalue weighted by Gasteiger charge is 2.16. The van der Waals surface area contributed by atoms with Crippen molar-refractivity contribution in [3.8, 4) is 0 Å². The maximum absolute atomic E-state index is 12.3. The molecule has 3 aromatic rings. The van der Waals surface area contributed by atoms with Crippen LogP contribution in [0.3, 0.4) is 0 Å². The molecule has 0 spiro atoms. The highest BCUT2D eigenvalue weighted by atomic mass is 35.5. The number of carbonyl (C=O) groups is 1. The number of aliphatic hydroxyl groups excluding tert-OH is 1. The van der Waals surface area contributed by atoms with E-state index in [1.54, 1.807) is 18.2 Å². The SMILES string of the molecule is O=C(C=C(O)c1ncn[nH]1)c1occc1Cc1ccc(Cl)cc1. The number of aromatic nitrogens is 3. The van der Waals surface area contributed by atoms with Gasteiger partial charge in [0, 0.05) is 23.1 Å². The van der Waals surface area contributed by atoms with Crippen LogP contribution < -0.4 is 0 Å². The predicted molar refractivity (Wildman–Crippen MR) is 84.3 cm³/mol. The van der Waals surface area contributed by atoms with Gasteiger partial charge in [-0.15, -0.1) is 0 Å². The highest BCUT2D eigenvalue weighted by molar-refractivity contribution is 6.30. The molecule has 0 amide bonds. The summed E-state index contributed by atoms with van der Waals surface area (Å²) in [6, 6.07) is 9.06. The minimum Gasteiger partial charge on any atom is -0.504 e. The van der Waals surface area contributed by atoms with Crippen molar-refractivity contribution in [3.05, 3.63) is 76.7 Å². The molecule has 3 rings (SSSR count). The number of furan rings is 1. The smallest absolute Gasteiger partial charge is 0.225 e. The maximum atomic E-state index is 12.3. The Morgan fingerprint density at radius 2 is 2.09 bits per heavy atom. The number of aliphatic hydroxyl groups is 1. The van der Waals surface area contributed by atoms with Crippen LogP contribution in [0.5, 0.6) is 0 Å². The molecule has 1 aromatic carbocycles. The lowest BCUT2D eigenvalue weighted by Crippen LogP contribution is -2.00. The number of rotatable bonds is 5. The lowest BCUT2D eigenvalue weighted by Gasteiger charge is -2.02. The van der Waals surface area contributed by atoms with E-state index in [0.717, 1.165) is 17.2 Å². The number of H-pyrrole nitrogens is 1. The van der Waals surface area contributed by atoms with E-state index in [0.29, 0.717) is 11.4 Å². The zero-order chi connectivity index (χ0) is 16.2. The van der Waals surface area contributed by atoms with E-state index >= 15 is 0 Å². The fraction of sp³-hybridized carbons (Fsp3) is 0.0625. The summed E-state index contributed by atoms with van der Waals surface area (Å²) in [5, 5.41) is 16.6. The third kappa shape index (κ3) is 3.49. The summed E-state index contributed by atoms with van der Waals surface area (Å²) < 4.78 is 5.26. The largest absolute Gasteiger partial charge is 0.504 e. The van der Waals surface area contributed by atoms with Crippen molar-refractivity contribution in [1.82, 2.24) is 15.2 Å². The van der Waals surface area contributed by atoms with Crippen LogP contribution in [-0.2, 0) is 6.42 Å². The van der Waals surface area contributed by atoms with Gasteiger partial charge in [0.2, 0.25) is 5.78 Å². The van der Waals surface area contributed by atoms with E-state index < -0.39 is 5.78 Å². The van der Waals surface area contributed by atoms with Crippen molar-refractivity contribution in [2.24, 2.45) is 0 Å². The van der Waals surface area contributed by atoms with Crippen LogP contribution in [-0.4, -0.2) is 26.1 Å². The van der Waals surface area contributed by atoms with Crippen LogP contribution in [0.4, 0.5) is 0 Å². The Balaban J connectivity index is 1.81. The van der Waals surface area contributed by atoms with E-state index in [4.69, 9.17) is 16.0 Å². The minimum atomic E-state index is -0.451. The topological polar surface area (TPSA) is 92.0 Å². The molecule has 0 bridgehead atoms. The van der Waals surface area contributed by atoms with Crippen molar-refractivity contribution >= 4 is 23.1 Å². The summed E-state index contributed by atoms with van der Waals surface area (Å²) in [5.74, 6) is -0.468. The number of hydrogen-bond acceptors (Lipinski definition) is 5. The molecule has 0 aliphatic heterocycles. The molecule has 2 aromatic heterocycles. The van der Waals surface area contributed by atoms with Crippen molar-refractivity contribution in [3.63, 3.8) is 0 Å². The number of nitrogens with one attached hydrogen (secondary N) is 1. The van der Waals surface area contributed by atoms with Crippen LogP contribution in [0.15, 0.2) is 53.4 Å². The number of allylic oxidation sites excluding steroid dienone is 1. The number of nitrogens with zero attached hydrogens (tertiary/aromatic N) is 2. The summed E-state index contributed by atoms with van der Waals surface area (Å²) >= 11 is 5.86. The first-order chi connectivity index (χ1) is 11.1. The molecule has 6 nitrogen and oxygen atoms in total. The Labute approximate surface area is 136 Å². The van der Waals surface area contributed by atoms with Gasteiger partial charge in [-0.3, -0.25) is 9.89 Å². The number of aromatic amines is 1. The zero-order valence-corrected chi connectivity index (χ0v) is 12.6. The number of halogens is 1. The van der Waals surface area contributed by atoms with Crippen molar-refractivity contribution < 1.29 is 14.3 Å². The number of benzene rings is 1. The second kappa shape index (κ2) is 6.50. The van der Waals surface area contributed by atoms with Gasteiger partial charge < -0.3 is 9.52 Å². The average Bonchev–Trinajstić information content (AvgIpc) is 3.20. The van der Waals surface area contributed by atoms with Crippen LogP contribution in [0.1, 0.15) is 27.5 Å². The maximum Gasteiger partial charge on any atom is 0.225 e. The first-order valence-electron chi connectivity index (χ1n) is 6.75. The molecule has 2 heterocycles. The van der Waals surface area contributed by atoms with Gasteiger partial charge in [0.25, 0.3) is 0 Å². The van der Waals surface area contributed by atoms with Gasteiger partial charge in [0.1, 0.15) is 6.33 Å². The Morgan fingerprint density at radius 1 is 1.30 bits per heavy atom. The van der Waals surface area contributed by atoms with Crippen LogP contribution in [0.2, 0.25) is 5.02 Å². The third-order valence-corrected chi connectivity index (χ3v) is 3.46. The third-order valence-electron chi connectivity index (χ3n) is 3.20. The van der Waals surface area contributed by atoms with E-state index in [1.165, 1.54) is 12.6 Å². The standard InChI is InChI=1S/C16H12ClN3O3/c17-12-3-1-10(2-4-12)7-11-5-6-23-15(11)13(21)8-14(22)16-18-9-19-20-16/h1-6,8-9,22H,7H2,(H,18,19,20). The normalized spacial score (nSPS) is 11.6. The molecule has 116 valence electrons. The molecule has 0 saturated heterocycles. The zero-order valence-electron chi connectivity index (χ0n) is 11.9. The first kappa shape index (κ1) is 15.1. The van der Waals surface area contributed by atoms with E-state index in [-0.39, 0.29) is 17.3 Å². The molecular formula is C16H12ClN3O3. The monoisotopic (exact) mass is 329 g/mol. The highest BCUT2D eigenvalue weighted by Crippen LogP contribution is 2.19. The minimum absolute atomic E-state index is 0.115. The molecule has 7 heteroatoms. The lowest BCUT2D eigenvalue weighted by atomic mass is 10.0. The molecule has 0 saturated carbocycles. The predicted octanol–water partition coefficient (Wildman–Crippen LogP) is 3.42. The van der Waals surface area contributed by atoms with Crippen LogP contribution >= 0.6 is 11.6 Å². The molecule has 0 unspecified atom stereocenters. The van der Waals surface area contributed by atoms with Gasteiger partial charge in [-0.25, -0.2) is 4.98 Å². The van der Waals surface area contributed by atoms with Crippen molar-refractivity contribution in [2.45, 2.75) is 6.42 Å². The van der Waals surface area contributed by atoms with Gasteiger partial charge in [0.05, 0.1) is 6.26 Å². The van der Waals surface area contributed by atoms with Gasteiger partial charge >= 0.3 is 0 Å². The second-order valence-corrected chi connectivity index (χ2v) is 5.24. The molecule has 0 radical (unpaired) electrons. The van der Waals surface area contributed by atoms with Gasteiger partial charge in [-0.05, 0) is 23.8 Å². The fourth-order valence-electron chi connectivity index (χ4n) is 2.10. The van der Waals surface area contributed by atoms with Gasteiger partial charge in [-0.2, -0.15) is 5.10 Å². The fourth-order valence-corrected chi connectivity index (χ4v) is 2.23. The average molecular weight is 330 g/mol. The Morgan fingerprint density at radius 3 is 2.78 bits per heavy atom. The van der Waals surface area contributed by atoms with E-state index in [1.807, 2.05) is 12.1 Å². The van der Waals surface area contributed by atoms with Crippen molar-refractivity contribution in [1.29, 1.82) is 0 Å². The molecule has 0 aliphatic carbocycles. The molecule has 0 aliphatic rings. The van der Waals surface area contributed by atoms with Crippen molar-refractivity contribution in [2.75, 3.05) is 0 Å². The second-order valence-electron chi connectivity index (χ2n) is 4.81. The molecular weight excluding hydrogens is 318 g/mol. The van der Waals surface area contributed by atoms with Gasteiger partial charge in [-0.1, -0.05) is 23.7 Å². The lowest BCUT2D eigenvalue weighted by molar-refractivity contribution is 0.102. The Kier molecular flexibility index (Phi) is 4.25. The quantitative estimate of drug-likeness (QED) is 0.425. The summed E-state index contributed by atoms with van der Waals surface area (Å²) in [5.41, 5.74) is 1.72. The summed E-state index contributed by atoms with van der Waals surface area (Å²) in [7, 11) is 0. The Hall–Kier alpha value is -2.86. The summed E-state index contributed by atoms with van der Waals surface area (Å²) in [6.45, 7) is 0. The number of hydrogen-bond donors (Lipinski definition) is 2. The van der Waals surface area contributed by atoms with Gasteiger partial charge in [0.15, 0.2) is 17.3 Å². The summed E-state index contributed by atoms with van der Waals surface area (Å²) in [4.78, 5) is 16.0. The van der Waals surface area contributed by atoms with Crippen LogP contribution in [0, 0.1) is 0 Å². The number of ketones is 1. The van der Waals surface area contributed by atoms with Crippen LogP contribution in [0.25, 0.3) is 5.76 Å². The molecule has 0 atom stereocenters. The first-order valence-corrected chi connectivity index (χ1v) is 7.13. The molecule has 2 N–H and O–H groups in total.